The lowest BCUT2D eigenvalue weighted by atomic mass is 10.2. The molecule has 180 valence electrons. The van der Waals surface area contributed by atoms with Crippen LogP contribution in [0.2, 0.25) is 0 Å². The van der Waals surface area contributed by atoms with Crippen LogP contribution in [0.1, 0.15) is 25.8 Å². The van der Waals surface area contributed by atoms with Crippen molar-refractivity contribution in [2.45, 2.75) is 26.4 Å². The average Bonchev–Trinajstić information content (AvgIpc) is 3.32. The van der Waals surface area contributed by atoms with Crippen molar-refractivity contribution in [3.05, 3.63) is 98.8 Å². The van der Waals surface area contributed by atoms with Crippen molar-refractivity contribution in [3.63, 3.8) is 0 Å². The van der Waals surface area contributed by atoms with E-state index in [1.54, 1.807) is 30.3 Å². The second-order valence-corrected chi connectivity index (χ2v) is 8.28. The molecule has 2 aromatic heterocycles. The highest BCUT2D eigenvalue weighted by Gasteiger charge is 2.17. The molecule has 9 heteroatoms. The van der Waals surface area contributed by atoms with Crippen LogP contribution in [0.5, 0.6) is 5.75 Å². The van der Waals surface area contributed by atoms with Crippen LogP contribution in [0, 0.1) is 10.1 Å². The molecule has 0 bridgehead atoms. The number of ether oxygens (including phenoxy) is 1. The van der Waals surface area contributed by atoms with Gasteiger partial charge < -0.3 is 9.15 Å². The van der Waals surface area contributed by atoms with Gasteiger partial charge in [0.2, 0.25) is 5.82 Å². The van der Waals surface area contributed by atoms with Gasteiger partial charge in [-0.3, -0.25) is 14.9 Å². The summed E-state index contributed by atoms with van der Waals surface area (Å²) in [7, 11) is 0. The number of fused-ring (bicyclic) bond motifs is 2. The van der Waals surface area contributed by atoms with E-state index in [1.165, 1.54) is 24.4 Å². The van der Waals surface area contributed by atoms with E-state index in [0.29, 0.717) is 33.6 Å². The van der Waals surface area contributed by atoms with Crippen LogP contribution in [0.15, 0.2) is 87.1 Å². The standard InChI is InChI=1S/C27H22N4O5/c1-3-17(2)35-24-13-12-20(31(33)34)14-19(24)16-28-30-26(25-15-18-8-4-7-11-23(18)36-25)29-22-10-6-5-9-21(22)27(30)32/h4-17H,3H2,1-2H3/t17-/m0/s1. The van der Waals surface area contributed by atoms with Crippen LogP contribution in [0.3, 0.4) is 0 Å². The van der Waals surface area contributed by atoms with Gasteiger partial charge >= 0.3 is 0 Å². The summed E-state index contributed by atoms with van der Waals surface area (Å²) in [6.45, 7) is 3.88. The minimum absolute atomic E-state index is 0.116. The summed E-state index contributed by atoms with van der Waals surface area (Å²) >= 11 is 0. The Kier molecular flexibility index (Phi) is 6.03. The van der Waals surface area contributed by atoms with Gasteiger partial charge in [-0.1, -0.05) is 37.3 Å². The van der Waals surface area contributed by atoms with Crippen molar-refractivity contribution < 1.29 is 14.1 Å². The van der Waals surface area contributed by atoms with Crippen molar-refractivity contribution in [3.8, 4) is 17.3 Å². The highest BCUT2D eigenvalue weighted by Crippen LogP contribution is 2.28. The van der Waals surface area contributed by atoms with Crippen molar-refractivity contribution >= 4 is 33.8 Å². The molecule has 0 amide bonds. The van der Waals surface area contributed by atoms with E-state index in [1.807, 2.05) is 38.1 Å². The molecular formula is C27H22N4O5. The minimum Gasteiger partial charge on any atom is -0.490 e. The second-order valence-electron chi connectivity index (χ2n) is 8.28. The fourth-order valence-corrected chi connectivity index (χ4v) is 3.76. The first-order valence-electron chi connectivity index (χ1n) is 11.4. The van der Waals surface area contributed by atoms with Crippen LogP contribution in [0.25, 0.3) is 33.5 Å². The second kappa shape index (κ2) is 9.46. The van der Waals surface area contributed by atoms with Crippen molar-refractivity contribution in [1.29, 1.82) is 0 Å². The summed E-state index contributed by atoms with van der Waals surface area (Å²) in [5.74, 6) is 0.998. The van der Waals surface area contributed by atoms with Crippen LogP contribution in [0.4, 0.5) is 5.69 Å². The lowest BCUT2D eigenvalue weighted by Gasteiger charge is -2.14. The van der Waals surface area contributed by atoms with Gasteiger partial charge in [-0.2, -0.15) is 9.78 Å². The quantitative estimate of drug-likeness (QED) is 0.165. The number of nitrogens with zero attached hydrogens (tertiary/aromatic N) is 4. The molecule has 0 aliphatic rings. The number of aromatic nitrogens is 2. The van der Waals surface area contributed by atoms with Crippen molar-refractivity contribution in [1.82, 2.24) is 9.66 Å². The molecule has 36 heavy (non-hydrogen) atoms. The predicted molar refractivity (Wildman–Crippen MR) is 138 cm³/mol. The molecule has 0 saturated carbocycles. The smallest absolute Gasteiger partial charge is 0.282 e. The van der Waals surface area contributed by atoms with Crippen LogP contribution in [-0.4, -0.2) is 26.9 Å². The Morgan fingerprint density at radius 2 is 1.92 bits per heavy atom. The van der Waals surface area contributed by atoms with Crippen LogP contribution < -0.4 is 10.3 Å². The van der Waals surface area contributed by atoms with E-state index in [9.17, 15) is 14.9 Å². The van der Waals surface area contributed by atoms with E-state index in [0.717, 1.165) is 16.5 Å². The molecule has 9 nitrogen and oxygen atoms in total. The molecule has 5 aromatic rings. The molecule has 0 saturated heterocycles. The molecule has 0 spiro atoms. The third-order valence-corrected chi connectivity index (χ3v) is 5.82. The topological polar surface area (TPSA) is 113 Å². The number of para-hydroxylation sites is 2. The molecule has 0 unspecified atom stereocenters. The third-order valence-electron chi connectivity index (χ3n) is 5.82. The van der Waals surface area contributed by atoms with Crippen LogP contribution >= 0.6 is 0 Å². The summed E-state index contributed by atoms with van der Waals surface area (Å²) in [5.41, 5.74) is 0.991. The van der Waals surface area contributed by atoms with E-state index in [-0.39, 0.29) is 17.6 Å². The maximum Gasteiger partial charge on any atom is 0.282 e. The number of benzene rings is 3. The molecule has 5 rings (SSSR count). The fraction of sp³-hybridized carbons (Fsp3) is 0.148. The number of rotatable bonds is 7. The largest absolute Gasteiger partial charge is 0.490 e. The number of hydrogen-bond donors (Lipinski definition) is 0. The summed E-state index contributed by atoms with van der Waals surface area (Å²) in [5, 5.41) is 17.0. The lowest BCUT2D eigenvalue weighted by molar-refractivity contribution is -0.384. The Balaban J connectivity index is 1.70. The number of hydrogen-bond acceptors (Lipinski definition) is 7. The number of nitro benzene ring substituents is 1. The summed E-state index contributed by atoms with van der Waals surface area (Å²) < 4.78 is 13.1. The van der Waals surface area contributed by atoms with Gasteiger partial charge in [0, 0.05) is 23.1 Å². The molecular weight excluding hydrogens is 460 g/mol. The Morgan fingerprint density at radius 1 is 1.14 bits per heavy atom. The maximum atomic E-state index is 13.5. The van der Waals surface area contributed by atoms with E-state index in [2.05, 4.69) is 10.1 Å². The predicted octanol–water partition coefficient (Wildman–Crippen LogP) is 5.78. The first kappa shape index (κ1) is 23.0. The normalized spacial score (nSPS) is 12.4. The summed E-state index contributed by atoms with van der Waals surface area (Å²) in [6.07, 6.45) is 2.00. The Morgan fingerprint density at radius 3 is 2.69 bits per heavy atom. The molecule has 2 heterocycles. The molecule has 0 aliphatic heterocycles. The third kappa shape index (κ3) is 4.34. The summed E-state index contributed by atoms with van der Waals surface area (Å²) in [4.78, 5) is 29.0. The minimum atomic E-state index is -0.492. The monoisotopic (exact) mass is 482 g/mol. The van der Waals surface area contributed by atoms with Gasteiger partial charge in [-0.15, -0.1) is 0 Å². The zero-order chi connectivity index (χ0) is 25.2. The molecule has 0 N–H and O–H groups in total. The number of nitro groups is 1. The highest BCUT2D eigenvalue weighted by atomic mass is 16.6. The fourth-order valence-electron chi connectivity index (χ4n) is 3.76. The SMILES string of the molecule is CC[C@H](C)Oc1ccc([N+](=O)[O-])cc1C=Nn1c(-c2cc3ccccc3o2)nc2ccccc2c1=O. The van der Waals surface area contributed by atoms with Gasteiger partial charge in [-0.25, -0.2) is 4.98 Å². The molecule has 0 radical (unpaired) electrons. The van der Waals surface area contributed by atoms with Gasteiger partial charge in [0.15, 0.2) is 5.76 Å². The van der Waals surface area contributed by atoms with Crippen molar-refractivity contribution in [2.24, 2.45) is 5.10 Å². The Labute approximate surface area is 205 Å². The molecule has 0 aliphatic carbocycles. The van der Waals surface area contributed by atoms with Gasteiger partial charge in [0.25, 0.3) is 11.2 Å². The first-order valence-corrected chi connectivity index (χ1v) is 11.4. The van der Waals surface area contributed by atoms with Crippen LogP contribution in [-0.2, 0) is 0 Å². The maximum absolute atomic E-state index is 13.5. The molecule has 0 fully saturated rings. The van der Waals surface area contributed by atoms with Gasteiger partial charge in [-0.05, 0) is 43.7 Å². The number of furan rings is 1. The van der Waals surface area contributed by atoms with E-state index < -0.39 is 10.5 Å². The zero-order valence-electron chi connectivity index (χ0n) is 19.6. The first-order chi connectivity index (χ1) is 17.4. The highest BCUT2D eigenvalue weighted by molar-refractivity contribution is 5.86. The van der Waals surface area contributed by atoms with E-state index >= 15 is 0 Å². The Hall–Kier alpha value is -4.79. The Bertz CT molecular complexity index is 1650. The molecule has 3 aromatic carbocycles. The summed E-state index contributed by atoms with van der Waals surface area (Å²) in [6, 6.07) is 20.5. The zero-order valence-corrected chi connectivity index (χ0v) is 19.6. The average molecular weight is 482 g/mol. The van der Waals surface area contributed by atoms with Crippen molar-refractivity contribution in [2.75, 3.05) is 0 Å². The molecule has 1 atom stereocenters. The lowest BCUT2D eigenvalue weighted by Crippen LogP contribution is -2.20. The van der Waals surface area contributed by atoms with Gasteiger partial charge in [0.05, 0.1) is 28.1 Å². The van der Waals surface area contributed by atoms with E-state index in [4.69, 9.17) is 9.15 Å². The number of non-ortho nitro benzene ring substituents is 1. The van der Waals surface area contributed by atoms with Gasteiger partial charge in [0.1, 0.15) is 11.3 Å².